The van der Waals surface area contributed by atoms with E-state index in [4.69, 9.17) is 10.5 Å². The fourth-order valence-electron chi connectivity index (χ4n) is 3.52. The van der Waals surface area contributed by atoms with Gasteiger partial charge in [-0.3, -0.25) is 0 Å². The molecule has 1 atom stereocenters. The molecule has 1 unspecified atom stereocenters. The normalized spacial score (nSPS) is 18.6. The van der Waals surface area contributed by atoms with Gasteiger partial charge in [0.15, 0.2) is 0 Å². The monoisotopic (exact) mass is 311 g/mol. The van der Waals surface area contributed by atoms with Crippen LogP contribution in [0.2, 0.25) is 0 Å². The summed E-state index contributed by atoms with van der Waals surface area (Å²) < 4.78 is 14.5. The standard InChI is InChI=1S/C19H22FN3/c1-5-6-23-18-9-17(20)15(7-14(11-21)12-22)8-16(18)13(2)10-19(23,3)4/h7-9,13H,5-6,10H2,1-4H3. The molecule has 0 fully saturated rings. The minimum absolute atomic E-state index is 0.0172. The first-order valence-electron chi connectivity index (χ1n) is 7.97. The molecule has 0 aliphatic carbocycles. The van der Waals surface area contributed by atoms with Crippen molar-refractivity contribution in [1.82, 2.24) is 0 Å². The lowest BCUT2D eigenvalue weighted by Crippen LogP contribution is -2.48. The van der Waals surface area contributed by atoms with Gasteiger partial charge in [-0.25, -0.2) is 4.39 Å². The summed E-state index contributed by atoms with van der Waals surface area (Å²) in [5.74, 6) is -0.0915. The van der Waals surface area contributed by atoms with Gasteiger partial charge in [-0.15, -0.1) is 0 Å². The van der Waals surface area contributed by atoms with Crippen LogP contribution >= 0.6 is 0 Å². The molecule has 2 rings (SSSR count). The Morgan fingerprint density at radius 3 is 2.61 bits per heavy atom. The Morgan fingerprint density at radius 1 is 1.39 bits per heavy atom. The summed E-state index contributed by atoms with van der Waals surface area (Å²) >= 11 is 0. The molecule has 1 aromatic carbocycles. The second-order valence-electron chi connectivity index (χ2n) is 6.78. The molecule has 120 valence electrons. The molecule has 3 nitrogen and oxygen atoms in total. The first kappa shape index (κ1) is 17.0. The van der Waals surface area contributed by atoms with E-state index in [1.807, 2.05) is 0 Å². The zero-order valence-corrected chi connectivity index (χ0v) is 14.2. The van der Waals surface area contributed by atoms with Crippen LogP contribution in [-0.2, 0) is 0 Å². The molecule has 0 bridgehead atoms. The lowest BCUT2D eigenvalue weighted by molar-refractivity contribution is 0.375. The summed E-state index contributed by atoms with van der Waals surface area (Å²) in [5.41, 5.74) is 2.22. The van der Waals surface area contributed by atoms with Gasteiger partial charge in [0.05, 0.1) is 0 Å². The molecular weight excluding hydrogens is 289 g/mol. The van der Waals surface area contributed by atoms with Crippen molar-refractivity contribution >= 4 is 11.8 Å². The number of nitriles is 2. The lowest BCUT2D eigenvalue weighted by atomic mass is 9.79. The maximum absolute atomic E-state index is 14.5. The number of anilines is 1. The number of hydrogen-bond acceptors (Lipinski definition) is 3. The molecule has 0 saturated heterocycles. The molecule has 0 spiro atoms. The van der Waals surface area contributed by atoms with Crippen molar-refractivity contribution in [3.63, 3.8) is 0 Å². The molecule has 1 aliphatic heterocycles. The summed E-state index contributed by atoms with van der Waals surface area (Å²) in [4.78, 5) is 2.27. The number of halogens is 1. The number of benzene rings is 1. The molecule has 0 amide bonds. The van der Waals surface area contributed by atoms with Crippen LogP contribution in [0.1, 0.15) is 57.6 Å². The topological polar surface area (TPSA) is 50.8 Å². The molecule has 1 aliphatic rings. The Balaban J connectivity index is 2.60. The van der Waals surface area contributed by atoms with Gasteiger partial charge >= 0.3 is 0 Å². The van der Waals surface area contributed by atoms with Crippen molar-refractivity contribution in [3.05, 3.63) is 34.6 Å². The van der Waals surface area contributed by atoms with Crippen LogP contribution in [0.15, 0.2) is 17.7 Å². The highest BCUT2D eigenvalue weighted by molar-refractivity contribution is 5.68. The molecule has 23 heavy (non-hydrogen) atoms. The van der Waals surface area contributed by atoms with Gasteiger partial charge in [-0.1, -0.05) is 13.8 Å². The summed E-state index contributed by atoms with van der Waals surface area (Å²) in [5, 5.41) is 17.8. The van der Waals surface area contributed by atoms with Gasteiger partial charge in [-0.05, 0) is 56.4 Å². The first-order valence-corrected chi connectivity index (χ1v) is 7.97. The molecule has 0 saturated carbocycles. The quantitative estimate of drug-likeness (QED) is 0.756. The fraction of sp³-hybridized carbons (Fsp3) is 0.474. The highest BCUT2D eigenvalue weighted by atomic mass is 19.1. The molecule has 4 heteroatoms. The average molecular weight is 311 g/mol. The zero-order chi connectivity index (χ0) is 17.2. The third-order valence-corrected chi connectivity index (χ3v) is 4.49. The zero-order valence-electron chi connectivity index (χ0n) is 14.2. The Labute approximate surface area is 137 Å². The fourth-order valence-corrected chi connectivity index (χ4v) is 3.52. The number of hydrogen-bond donors (Lipinski definition) is 0. The van der Waals surface area contributed by atoms with Crippen molar-refractivity contribution in [2.75, 3.05) is 11.4 Å². The molecule has 0 N–H and O–H groups in total. The van der Waals surface area contributed by atoms with E-state index in [-0.39, 0.29) is 11.1 Å². The van der Waals surface area contributed by atoms with E-state index < -0.39 is 5.82 Å². The third kappa shape index (κ3) is 3.22. The van der Waals surface area contributed by atoms with Crippen molar-refractivity contribution in [2.24, 2.45) is 0 Å². The van der Waals surface area contributed by atoms with Crippen LogP contribution in [0.4, 0.5) is 10.1 Å². The van der Waals surface area contributed by atoms with Gasteiger partial charge in [0.2, 0.25) is 0 Å². The minimum atomic E-state index is -0.391. The summed E-state index contributed by atoms with van der Waals surface area (Å²) in [7, 11) is 0. The van der Waals surface area contributed by atoms with Crippen LogP contribution < -0.4 is 4.90 Å². The minimum Gasteiger partial charge on any atom is -0.366 e. The smallest absolute Gasteiger partial charge is 0.132 e. The third-order valence-electron chi connectivity index (χ3n) is 4.49. The van der Waals surface area contributed by atoms with Crippen LogP contribution in [0.3, 0.4) is 0 Å². The summed E-state index contributed by atoms with van der Waals surface area (Å²) in [6, 6.07) is 6.92. The number of rotatable bonds is 3. The van der Waals surface area contributed by atoms with E-state index in [1.165, 1.54) is 6.08 Å². The molecular formula is C19H22FN3. The number of allylic oxidation sites excluding steroid dienone is 1. The van der Waals surface area contributed by atoms with Gasteiger partial charge in [0.1, 0.15) is 23.5 Å². The summed E-state index contributed by atoms with van der Waals surface area (Å²) in [6.07, 6.45) is 3.30. The van der Waals surface area contributed by atoms with Gasteiger partial charge < -0.3 is 4.90 Å². The molecule has 0 aromatic heterocycles. The van der Waals surface area contributed by atoms with Crippen LogP contribution in [0, 0.1) is 28.5 Å². The second kappa shape index (κ2) is 6.42. The largest absolute Gasteiger partial charge is 0.366 e. The van der Waals surface area contributed by atoms with Crippen LogP contribution in [-0.4, -0.2) is 12.1 Å². The Morgan fingerprint density at radius 2 is 2.04 bits per heavy atom. The van der Waals surface area contributed by atoms with Gasteiger partial charge in [-0.2, -0.15) is 10.5 Å². The second-order valence-corrected chi connectivity index (χ2v) is 6.78. The van der Waals surface area contributed by atoms with E-state index in [0.717, 1.165) is 30.6 Å². The average Bonchev–Trinajstić information content (AvgIpc) is 2.49. The Bertz CT molecular complexity index is 703. The highest BCUT2D eigenvalue weighted by Crippen LogP contribution is 2.44. The predicted octanol–water partition coefficient (Wildman–Crippen LogP) is 4.76. The van der Waals surface area contributed by atoms with E-state index in [1.54, 1.807) is 24.3 Å². The number of nitrogens with zero attached hydrogens (tertiary/aromatic N) is 3. The summed E-state index contributed by atoms with van der Waals surface area (Å²) in [6.45, 7) is 9.52. The van der Waals surface area contributed by atoms with Crippen molar-refractivity contribution in [2.45, 2.75) is 52.0 Å². The number of fused-ring (bicyclic) bond motifs is 1. The maximum atomic E-state index is 14.5. The van der Waals surface area contributed by atoms with Gasteiger partial charge in [0.25, 0.3) is 0 Å². The Hall–Kier alpha value is -2.33. The Kier molecular flexibility index (Phi) is 4.76. The molecule has 1 aromatic rings. The van der Waals surface area contributed by atoms with Crippen LogP contribution in [0.5, 0.6) is 0 Å². The van der Waals surface area contributed by atoms with Gasteiger partial charge in [0, 0.05) is 23.3 Å². The molecule has 1 heterocycles. The SMILES string of the molecule is CCCN1c2cc(F)c(C=C(C#N)C#N)cc2C(C)CC1(C)C. The van der Waals surface area contributed by atoms with Crippen LogP contribution in [0.25, 0.3) is 6.08 Å². The predicted molar refractivity (Wildman–Crippen MR) is 90.4 cm³/mol. The maximum Gasteiger partial charge on any atom is 0.132 e. The van der Waals surface area contributed by atoms with E-state index in [9.17, 15) is 4.39 Å². The van der Waals surface area contributed by atoms with Crippen molar-refractivity contribution in [3.8, 4) is 12.1 Å². The first-order chi connectivity index (χ1) is 10.8. The molecule has 0 radical (unpaired) electrons. The van der Waals surface area contributed by atoms with Crippen molar-refractivity contribution in [1.29, 1.82) is 10.5 Å². The van der Waals surface area contributed by atoms with E-state index >= 15 is 0 Å². The van der Waals surface area contributed by atoms with E-state index in [2.05, 4.69) is 32.6 Å². The van der Waals surface area contributed by atoms with E-state index in [0.29, 0.717) is 11.5 Å². The van der Waals surface area contributed by atoms with Crippen molar-refractivity contribution < 1.29 is 4.39 Å². The lowest BCUT2D eigenvalue weighted by Gasteiger charge is -2.47. The highest BCUT2D eigenvalue weighted by Gasteiger charge is 2.36.